The molecule has 4 nitrogen and oxygen atoms in total. The van der Waals surface area contributed by atoms with Gasteiger partial charge in [0.15, 0.2) is 0 Å². The lowest BCUT2D eigenvalue weighted by Gasteiger charge is -2.13. The predicted octanol–water partition coefficient (Wildman–Crippen LogP) is 2.41. The Bertz CT molecular complexity index is 243. The summed E-state index contributed by atoms with van der Waals surface area (Å²) in [6.45, 7) is 2.84. The van der Waals surface area contributed by atoms with E-state index in [0.717, 1.165) is 6.42 Å². The maximum absolute atomic E-state index is 11.4. The van der Waals surface area contributed by atoms with Crippen molar-refractivity contribution in [1.82, 2.24) is 0 Å². The van der Waals surface area contributed by atoms with Crippen molar-refractivity contribution in [3.63, 3.8) is 0 Å². The fraction of sp³-hybridized carbons (Fsp3) is 0.833. The Labute approximate surface area is 96.3 Å². The summed E-state index contributed by atoms with van der Waals surface area (Å²) in [5.41, 5.74) is 0. The van der Waals surface area contributed by atoms with Gasteiger partial charge in [0.1, 0.15) is 0 Å². The van der Waals surface area contributed by atoms with E-state index in [1.807, 2.05) is 0 Å². The smallest absolute Gasteiger partial charge is 0.308 e. The third-order valence-corrected chi connectivity index (χ3v) is 2.86. The van der Waals surface area contributed by atoms with Crippen molar-refractivity contribution in [3.8, 4) is 0 Å². The molecule has 4 heteroatoms. The molecule has 1 saturated carbocycles. The van der Waals surface area contributed by atoms with Crippen molar-refractivity contribution in [1.29, 1.82) is 0 Å². The molecule has 1 unspecified atom stereocenters. The summed E-state index contributed by atoms with van der Waals surface area (Å²) in [4.78, 5) is 22.0. The normalized spacial score (nSPS) is 18.1. The zero-order valence-electron chi connectivity index (χ0n) is 10.0. The maximum atomic E-state index is 11.4. The van der Waals surface area contributed by atoms with Crippen LogP contribution in [0.1, 0.15) is 52.4 Å². The Hall–Kier alpha value is -1.06. The monoisotopic (exact) mass is 228 g/mol. The first-order valence-electron chi connectivity index (χ1n) is 5.94. The molecule has 1 aliphatic carbocycles. The van der Waals surface area contributed by atoms with Gasteiger partial charge in [-0.2, -0.15) is 0 Å². The highest BCUT2D eigenvalue weighted by Crippen LogP contribution is 2.28. The van der Waals surface area contributed by atoms with Crippen LogP contribution in [0.3, 0.4) is 0 Å². The van der Waals surface area contributed by atoms with Gasteiger partial charge in [-0.25, -0.2) is 0 Å². The van der Waals surface area contributed by atoms with Crippen molar-refractivity contribution in [2.24, 2.45) is 5.92 Å². The number of ether oxygens (including phenoxy) is 2. The van der Waals surface area contributed by atoms with Crippen LogP contribution in [-0.4, -0.2) is 18.2 Å². The summed E-state index contributed by atoms with van der Waals surface area (Å²) >= 11 is 0. The Morgan fingerprint density at radius 1 is 1.25 bits per heavy atom. The van der Waals surface area contributed by atoms with Crippen LogP contribution in [0.15, 0.2) is 0 Å². The minimum atomic E-state index is -0.770. The van der Waals surface area contributed by atoms with Crippen LogP contribution in [0, 0.1) is 5.92 Å². The van der Waals surface area contributed by atoms with Crippen molar-refractivity contribution in [3.05, 3.63) is 0 Å². The van der Waals surface area contributed by atoms with E-state index in [1.54, 1.807) is 6.92 Å². The lowest BCUT2D eigenvalue weighted by Crippen LogP contribution is -2.20. The lowest BCUT2D eigenvalue weighted by atomic mass is 10.0. The van der Waals surface area contributed by atoms with Crippen molar-refractivity contribution in [2.45, 2.75) is 58.7 Å². The number of esters is 2. The standard InChI is InChI=1S/C12H20O4/c1-9(13)15-10(2)16-12(14)8-7-11-5-3-4-6-11/h10-11H,3-8H2,1-2H3. The van der Waals surface area contributed by atoms with E-state index in [9.17, 15) is 9.59 Å². The summed E-state index contributed by atoms with van der Waals surface area (Å²) in [5, 5.41) is 0. The minimum absolute atomic E-state index is 0.277. The molecule has 92 valence electrons. The van der Waals surface area contributed by atoms with Gasteiger partial charge in [0.2, 0.25) is 6.29 Å². The largest absolute Gasteiger partial charge is 0.426 e. The van der Waals surface area contributed by atoms with Gasteiger partial charge < -0.3 is 9.47 Å². The summed E-state index contributed by atoms with van der Waals surface area (Å²) in [6, 6.07) is 0. The van der Waals surface area contributed by atoms with Crippen molar-refractivity contribution < 1.29 is 19.1 Å². The zero-order valence-corrected chi connectivity index (χ0v) is 10.0. The van der Waals surface area contributed by atoms with Gasteiger partial charge in [-0.05, 0) is 12.3 Å². The highest BCUT2D eigenvalue weighted by Gasteiger charge is 2.18. The Morgan fingerprint density at radius 2 is 1.88 bits per heavy atom. The number of hydrogen-bond acceptors (Lipinski definition) is 4. The molecule has 1 aliphatic rings. The molecule has 0 aromatic rings. The number of rotatable bonds is 5. The van der Waals surface area contributed by atoms with Gasteiger partial charge in [0, 0.05) is 20.3 Å². The second-order valence-corrected chi connectivity index (χ2v) is 4.36. The zero-order chi connectivity index (χ0) is 12.0. The first-order valence-corrected chi connectivity index (χ1v) is 5.94. The SMILES string of the molecule is CC(=O)OC(C)OC(=O)CCC1CCCC1. The van der Waals surface area contributed by atoms with Gasteiger partial charge in [0.05, 0.1) is 0 Å². The second kappa shape index (κ2) is 6.51. The molecular formula is C12H20O4. The molecule has 0 bridgehead atoms. The molecule has 0 spiro atoms. The van der Waals surface area contributed by atoms with Crippen molar-refractivity contribution in [2.75, 3.05) is 0 Å². The first-order chi connectivity index (χ1) is 7.58. The Balaban J connectivity index is 2.12. The van der Waals surface area contributed by atoms with Crippen LogP contribution in [-0.2, 0) is 19.1 Å². The van der Waals surface area contributed by atoms with E-state index < -0.39 is 12.3 Å². The van der Waals surface area contributed by atoms with E-state index in [0.29, 0.717) is 12.3 Å². The molecule has 0 aromatic heterocycles. The number of carbonyl (C=O) groups excluding carboxylic acids is 2. The summed E-state index contributed by atoms with van der Waals surface area (Å²) < 4.78 is 9.65. The second-order valence-electron chi connectivity index (χ2n) is 4.36. The van der Waals surface area contributed by atoms with Gasteiger partial charge in [-0.3, -0.25) is 9.59 Å². The molecular weight excluding hydrogens is 208 g/mol. The van der Waals surface area contributed by atoms with Crippen LogP contribution in [0.25, 0.3) is 0 Å². The summed E-state index contributed by atoms with van der Waals surface area (Å²) in [6.07, 6.45) is 5.57. The summed E-state index contributed by atoms with van der Waals surface area (Å²) in [5.74, 6) is -0.0340. The molecule has 1 atom stereocenters. The topological polar surface area (TPSA) is 52.6 Å². The minimum Gasteiger partial charge on any atom is -0.426 e. The fourth-order valence-corrected chi connectivity index (χ4v) is 2.12. The molecule has 0 amide bonds. The maximum Gasteiger partial charge on any atom is 0.308 e. The molecule has 0 aliphatic heterocycles. The predicted molar refractivity (Wildman–Crippen MR) is 58.5 cm³/mol. The highest BCUT2D eigenvalue weighted by molar-refractivity contribution is 5.70. The fourth-order valence-electron chi connectivity index (χ4n) is 2.12. The number of hydrogen-bond donors (Lipinski definition) is 0. The van der Waals surface area contributed by atoms with Crippen LogP contribution in [0.2, 0.25) is 0 Å². The van der Waals surface area contributed by atoms with Gasteiger partial charge in [-0.15, -0.1) is 0 Å². The third-order valence-electron chi connectivity index (χ3n) is 2.86. The lowest BCUT2D eigenvalue weighted by molar-refractivity contribution is -0.183. The van der Waals surface area contributed by atoms with E-state index in [2.05, 4.69) is 0 Å². The number of carbonyl (C=O) groups is 2. The molecule has 0 N–H and O–H groups in total. The highest BCUT2D eigenvalue weighted by atomic mass is 16.7. The van der Waals surface area contributed by atoms with Crippen LogP contribution in [0.5, 0.6) is 0 Å². The van der Waals surface area contributed by atoms with Gasteiger partial charge in [-0.1, -0.05) is 25.7 Å². The first kappa shape index (κ1) is 13.0. The molecule has 1 fully saturated rings. The van der Waals surface area contributed by atoms with Gasteiger partial charge in [0.25, 0.3) is 0 Å². The molecule has 0 heterocycles. The van der Waals surface area contributed by atoms with Crippen LogP contribution in [0.4, 0.5) is 0 Å². The molecule has 0 saturated heterocycles. The van der Waals surface area contributed by atoms with E-state index in [1.165, 1.54) is 32.6 Å². The average molecular weight is 228 g/mol. The van der Waals surface area contributed by atoms with Crippen LogP contribution < -0.4 is 0 Å². The van der Waals surface area contributed by atoms with Crippen LogP contribution >= 0.6 is 0 Å². The third kappa shape index (κ3) is 5.14. The molecule has 1 rings (SSSR count). The summed E-state index contributed by atoms with van der Waals surface area (Å²) in [7, 11) is 0. The van der Waals surface area contributed by atoms with Crippen molar-refractivity contribution >= 4 is 11.9 Å². The molecule has 16 heavy (non-hydrogen) atoms. The van der Waals surface area contributed by atoms with E-state index in [4.69, 9.17) is 9.47 Å². The average Bonchev–Trinajstić information content (AvgIpc) is 2.65. The Morgan fingerprint density at radius 3 is 2.44 bits per heavy atom. The van der Waals surface area contributed by atoms with E-state index in [-0.39, 0.29) is 5.97 Å². The van der Waals surface area contributed by atoms with E-state index >= 15 is 0 Å². The Kier molecular flexibility index (Phi) is 5.29. The molecule has 0 radical (unpaired) electrons. The molecule has 0 aromatic carbocycles. The van der Waals surface area contributed by atoms with Gasteiger partial charge >= 0.3 is 11.9 Å². The quantitative estimate of drug-likeness (QED) is 0.535.